The molecule has 0 spiro atoms. The number of carbonyl (C=O) groups excluding carboxylic acids is 1. The number of rotatable bonds is 1. The van der Waals surface area contributed by atoms with E-state index >= 15 is 0 Å². The molecule has 1 amide bonds. The lowest BCUT2D eigenvalue weighted by molar-refractivity contribution is -0.164. The van der Waals surface area contributed by atoms with Crippen LogP contribution in [-0.4, -0.2) is 57.0 Å². The lowest BCUT2D eigenvalue weighted by Gasteiger charge is -2.38. The van der Waals surface area contributed by atoms with Crippen molar-refractivity contribution >= 4 is 5.91 Å². The van der Waals surface area contributed by atoms with Crippen molar-refractivity contribution in [3.63, 3.8) is 0 Å². The molecule has 2 rings (SSSR count). The van der Waals surface area contributed by atoms with E-state index in [-0.39, 0.29) is 25.2 Å². The second-order valence-corrected chi connectivity index (χ2v) is 4.91. The number of hydrogen-bond acceptors (Lipinski definition) is 4. The molecule has 92 valence electrons. The zero-order chi connectivity index (χ0) is 11.8. The molecule has 16 heavy (non-hydrogen) atoms. The highest BCUT2D eigenvalue weighted by atomic mass is 16.3. The number of carbonyl (C=O) groups is 1. The van der Waals surface area contributed by atoms with Crippen LogP contribution in [0, 0.1) is 0 Å². The van der Waals surface area contributed by atoms with Crippen LogP contribution in [0.2, 0.25) is 0 Å². The average molecular weight is 229 g/mol. The normalized spacial score (nSPS) is 40.1. The van der Waals surface area contributed by atoms with E-state index in [1.165, 1.54) is 0 Å². The second-order valence-electron chi connectivity index (χ2n) is 4.91. The summed E-state index contributed by atoms with van der Waals surface area (Å²) in [6, 6.07) is 0. The van der Waals surface area contributed by atoms with E-state index in [0.29, 0.717) is 13.1 Å². The van der Waals surface area contributed by atoms with Crippen LogP contribution >= 0.6 is 0 Å². The maximum absolute atomic E-state index is 12.1. The molecule has 3 N–H and O–H groups in total. The van der Waals surface area contributed by atoms with Crippen molar-refractivity contribution in [1.82, 2.24) is 4.90 Å². The van der Waals surface area contributed by atoms with E-state index in [2.05, 4.69) is 0 Å². The maximum Gasteiger partial charge on any atom is 0.254 e. The van der Waals surface area contributed by atoms with Gasteiger partial charge in [-0.05, 0) is 25.7 Å². The molecule has 1 aliphatic heterocycles. The number of amides is 1. The number of aliphatic hydroxyl groups excluding tert-OH is 2. The van der Waals surface area contributed by atoms with Crippen molar-refractivity contribution in [2.75, 3.05) is 13.1 Å². The Balaban J connectivity index is 2.03. The van der Waals surface area contributed by atoms with Crippen LogP contribution in [-0.2, 0) is 4.79 Å². The number of hydrogen-bond donors (Lipinski definition) is 3. The minimum Gasteiger partial charge on any atom is -0.390 e. The van der Waals surface area contributed by atoms with Gasteiger partial charge in [-0.1, -0.05) is 0 Å². The molecule has 0 unspecified atom stereocenters. The van der Waals surface area contributed by atoms with Crippen LogP contribution in [0.25, 0.3) is 0 Å². The number of aliphatic hydroxyl groups is 3. The van der Waals surface area contributed by atoms with Crippen LogP contribution in [0.15, 0.2) is 0 Å². The summed E-state index contributed by atoms with van der Waals surface area (Å²) >= 11 is 0. The van der Waals surface area contributed by atoms with Crippen molar-refractivity contribution in [3.05, 3.63) is 0 Å². The molecule has 2 aliphatic rings. The molecule has 0 aromatic carbocycles. The molecule has 0 bridgehead atoms. The molecule has 3 atom stereocenters. The van der Waals surface area contributed by atoms with Gasteiger partial charge in [0, 0.05) is 19.5 Å². The molecule has 0 aromatic heterocycles. The molecule has 1 saturated heterocycles. The lowest BCUT2D eigenvalue weighted by atomic mass is 9.80. The molecule has 0 aromatic rings. The fourth-order valence-electron chi connectivity index (χ4n) is 2.57. The van der Waals surface area contributed by atoms with Gasteiger partial charge in [-0.25, -0.2) is 0 Å². The SMILES string of the molecule is O=C(N1CCCC1)[C@]1(O)CC[C@@H](O)[C@H](O)C1. The van der Waals surface area contributed by atoms with Gasteiger partial charge in [-0.2, -0.15) is 0 Å². The van der Waals surface area contributed by atoms with Crippen molar-refractivity contribution in [1.29, 1.82) is 0 Å². The van der Waals surface area contributed by atoms with E-state index in [0.717, 1.165) is 12.8 Å². The van der Waals surface area contributed by atoms with Gasteiger partial charge in [0.25, 0.3) is 5.91 Å². The van der Waals surface area contributed by atoms with Crippen LogP contribution in [0.4, 0.5) is 0 Å². The third-order valence-electron chi connectivity index (χ3n) is 3.64. The molecule has 0 radical (unpaired) electrons. The average Bonchev–Trinajstić information content (AvgIpc) is 2.76. The van der Waals surface area contributed by atoms with Crippen molar-refractivity contribution in [2.45, 2.75) is 49.9 Å². The van der Waals surface area contributed by atoms with Crippen molar-refractivity contribution in [2.24, 2.45) is 0 Å². The van der Waals surface area contributed by atoms with Crippen LogP contribution in [0.3, 0.4) is 0 Å². The zero-order valence-corrected chi connectivity index (χ0v) is 9.30. The first kappa shape index (κ1) is 11.8. The quantitative estimate of drug-likeness (QED) is 0.552. The highest BCUT2D eigenvalue weighted by Gasteiger charge is 2.45. The van der Waals surface area contributed by atoms with Crippen LogP contribution in [0.1, 0.15) is 32.1 Å². The topological polar surface area (TPSA) is 81.0 Å². The van der Waals surface area contributed by atoms with E-state index in [9.17, 15) is 20.1 Å². The van der Waals surface area contributed by atoms with Crippen molar-refractivity contribution in [3.8, 4) is 0 Å². The monoisotopic (exact) mass is 229 g/mol. The Labute approximate surface area is 94.7 Å². The minimum atomic E-state index is -1.47. The van der Waals surface area contributed by atoms with Crippen LogP contribution in [0.5, 0.6) is 0 Å². The Bertz CT molecular complexity index is 277. The Morgan fingerprint density at radius 1 is 1.19 bits per heavy atom. The van der Waals surface area contributed by atoms with Gasteiger partial charge in [0.15, 0.2) is 0 Å². The standard InChI is InChI=1S/C11H19NO4/c13-8-3-4-11(16,7-9(8)14)10(15)12-5-1-2-6-12/h8-9,13-14,16H,1-7H2/t8-,9-,11+/m1/s1. The fraction of sp³-hybridized carbons (Fsp3) is 0.909. The van der Waals surface area contributed by atoms with Gasteiger partial charge in [-0.3, -0.25) is 4.79 Å². The van der Waals surface area contributed by atoms with Crippen molar-refractivity contribution < 1.29 is 20.1 Å². The summed E-state index contributed by atoms with van der Waals surface area (Å²) in [7, 11) is 0. The van der Waals surface area contributed by atoms with Gasteiger partial charge < -0.3 is 20.2 Å². The summed E-state index contributed by atoms with van der Waals surface area (Å²) in [4.78, 5) is 13.7. The third-order valence-corrected chi connectivity index (χ3v) is 3.64. The summed E-state index contributed by atoms with van der Waals surface area (Å²) in [5, 5.41) is 29.1. The van der Waals surface area contributed by atoms with E-state index in [4.69, 9.17) is 0 Å². The minimum absolute atomic E-state index is 0.0521. The largest absolute Gasteiger partial charge is 0.390 e. The second kappa shape index (κ2) is 4.31. The summed E-state index contributed by atoms with van der Waals surface area (Å²) in [6.07, 6.45) is 0.610. The first-order chi connectivity index (χ1) is 7.53. The Kier molecular flexibility index (Phi) is 3.19. The fourth-order valence-corrected chi connectivity index (χ4v) is 2.57. The summed E-state index contributed by atoms with van der Waals surface area (Å²) in [6.45, 7) is 1.39. The Hall–Kier alpha value is -0.650. The predicted octanol–water partition coefficient (Wildman–Crippen LogP) is -0.754. The molecule has 1 aliphatic carbocycles. The van der Waals surface area contributed by atoms with Gasteiger partial charge >= 0.3 is 0 Å². The molecule has 1 saturated carbocycles. The van der Waals surface area contributed by atoms with E-state index < -0.39 is 17.8 Å². The molecule has 1 heterocycles. The highest BCUT2D eigenvalue weighted by Crippen LogP contribution is 2.31. The molecule has 2 fully saturated rings. The summed E-state index contributed by atoms with van der Waals surface area (Å²) in [5.74, 6) is -0.282. The van der Waals surface area contributed by atoms with Gasteiger partial charge in [-0.15, -0.1) is 0 Å². The lowest BCUT2D eigenvalue weighted by Crippen LogP contribution is -2.54. The van der Waals surface area contributed by atoms with Gasteiger partial charge in [0.1, 0.15) is 5.60 Å². The number of likely N-dealkylation sites (tertiary alicyclic amines) is 1. The Morgan fingerprint density at radius 2 is 1.81 bits per heavy atom. The van der Waals surface area contributed by atoms with E-state index in [1.54, 1.807) is 4.90 Å². The van der Waals surface area contributed by atoms with Gasteiger partial charge in [0.05, 0.1) is 12.2 Å². The first-order valence-electron chi connectivity index (χ1n) is 5.91. The Morgan fingerprint density at radius 3 is 2.38 bits per heavy atom. The smallest absolute Gasteiger partial charge is 0.254 e. The van der Waals surface area contributed by atoms with E-state index in [1.807, 2.05) is 0 Å². The number of nitrogens with zero attached hydrogens (tertiary/aromatic N) is 1. The summed E-state index contributed by atoms with van der Waals surface area (Å²) < 4.78 is 0. The molecule has 5 nitrogen and oxygen atoms in total. The zero-order valence-electron chi connectivity index (χ0n) is 9.30. The molecular weight excluding hydrogens is 210 g/mol. The van der Waals surface area contributed by atoms with Gasteiger partial charge in [0.2, 0.25) is 0 Å². The summed E-state index contributed by atoms with van der Waals surface area (Å²) in [5.41, 5.74) is -1.47. The first-order valence-corrected chi connectivity index (χ1v) is 5.91. The highest BCUT2D eigenvalue weighted by molar-refractivity contribution is 5.85. The van der Waals surface area contributed by atoms with Crippen LogP contribution < -0.4 is 0 Å². The molecule has 5 heteroatoms. The predicted molar refractivity (Wildman–Crippen MR) is 56.6 cm³/mol. The molecular formula is C11H19NO4. The maximum atomic E-state index is 12.1. The third kappa shape index (κ3) is 2.07.